The molecule has 46 valence electrons. The summed E-state index contributed by atoms with van der Waals surface area (Å²) in [5.41, 5.74) is 1.41. The van der Waals surface area contributed by atoms with E-state index < -0.39 is 0 Å². The van der Waals surface area contributed by atoms with Crippen LogP contribution in [-0.2, 0) is 6.42 Å². The summed E-state index contributed by atoms with van der Waals surface area (Å²) >= 11 is 3.10. The molecule has 1 aromatic heterocycles. The molecular formula is C7H8SSn. The molecule has 0 nitrogen and oxygen atoms in total. The molecule has 1 aromatic rings. The zero-order valence-electron chi connectivity index (χ0n) is 5.13. The maximum atomic E-state index is 3.68. The quantitative estimate of drug-likeness (QED) is 0.537. The molecule has 0 aromatic carbocycles. The molecule has 9 heavy (non-hydrogen) atoms. The van der Waals surface area contributed by atoms with Crippen LogP contribution in [-0.4, -0.2) is 22.5 Å². The summed E-state index contributed by atoms with van der Waals surface area (Å²) in [5.74, 6) is 0. The van der Waals surface area contributed by atoms with Gasteiger partial charge < -0.3 is 0 Å². The number of hydrogen-bond acceptors (Lipinski definition) is 1. The molecule has 0 N–H and O–H groups in total. The van der Waals surface area contributed by atoms with Gasteiger partial charge in [-0.15, -0.1) is 0 Å². The van der Waals surface area contributed by atoms with Gasteiger partial charge in [0.15, 0.2) is 0 Å². The van der Waals surface area contributed by atoms with Crippen LogP contribution in [0, 0.1) is 0 Å². The van der Waals surface area contributed by atoms with Gasteiger partial charge in [0.2, 0.25) is 0 Å². The van der Waals surface area contributed by atoms with Crippen molar-refractivity contribution in [2.75, 3.05) is 0 Å². The zero-order valence-corrected chi connectivity index (χ0v) is 9.24. The molecule has 0 aliphatic rings. The van der Waals surface area contributed by atoms with E-state index in [1.165, 1.54) is 31.0 Å². The summed E-state index contributed by atoms with van der Waals surface area (Å²) in [6.45, 7) is 3.68. The number of rotatable bonds is 2. The molecule has 1 heterocycles. The van der Waals surface area contributed by atoms with Crippen LogP contribution in [0.4, 0.5) is 0 Å². The standard InChI is InChI=1S/C7H7S.Sn.H/c1-2-3-7-4-5-8-6-7;;/h2,4,6H,1,3H2;;. The molecule has 0 amide bonds. The van der Waals surface area contributed by atoms with Crippen molar-refractivity contribution in [1.29, 1.82) is 0 Å². The summed E-state index contributed by atoms with van der Waals surface area (Å²) in [6, 6.07) is 2.26. The first kappa shape index (κ1) is 7.35. The van der Waals surface area contributed by atoms with Crippen LogP contribution in [0.15, 0.2) is 24.1 Å². The average molecular weight is 243 g/mol. The van der Waals surface area contributed by atoms with Gasteiger partial charge in [-0.2, -0.15) is 0 Å². The monoisotopic (exact) mass is 244 g/mol. The van der Waals surface area contributed by atoms with Crippen LogP contribution in [0.3, 0.4) is 0 Å². The molecule has 0 fully saturated rings. The van der Waals surface area contributed by atoms with Crippen molar-refractivity contribution in [2.45, 2.75) is 6.42 Å². The Morgan fingerprint density at radius 3 is 3.00 bits per heavy atom. The van der Waals surface area contributed by atoms with Crippen LogP contribution in [0.5, 0.6) is 0 Å². The molecule has 0 saturated carbocycles. The summed E-state index contributed by atoms with van der Waals surface area (Å²) in [5, 5.41) is 2.21. The molecule has 0 saturated heterocycles. The Bertz CT molecular complexity index is 202. The minimum absolute atomic E-state index is 1.03. The molecule has 0 bridgehead atoms. The van der Waals surface area contributed by atoms with Crippen LogP contribution in [0.1, 0.15) is 5.56 Å². The van der Waals surface area contributed by atoms with Crippen molar-refractivity contribution in [3.8, 4) is 0 Å². The fourth-order valence-electron chi connectivity index (χ4n) is 0.668. The van der Waals surface area contributed by atoms with E-state index in [1.807, 2.05) is 17.4 Å². The van der Waals surface area contributed by atoms with Crippen molar-refractivity contribution in [3.05, 3.63) is 29.7 Å². The number of allylic oxidation sites excluding steroid dienone is 1. The van der Waals surface area contributed by atoms with Gasteiger partial charge in [0, 0.05) is 0 Å². The van der Waals surface area contributed by atoms with Gasteiger partial charge in [0.1, 0.15) is 0 Å². The van der Waals surface area contributed by atoms with E-state index in [0.717, 1.165) is 6.42 Å². The third-order valence-corrected chi connectivity index (χ3v) is 3.51. The fourth-order valence-corrected chi connectivity index (χ4v) is 2.53. The fraction of sp³-hybridized carbons (Fsp3) is 0.143. The first-order valence-electron chi connectivity index (χ1n) is 2.76. The Morgan fingerprint density at radius 2 is 2.56 bits per heavy atom. The van der Waals surface area contributed by atoms with Crippen LogP contribution < -0.4 is 2.89 Å². The summed E-state index contributed by atoms with van der Waals surface area (Å²) in [7, 11) is 0. The second-order valence-electron chi connectivity index (χ2n) is 1.85. The van der Waals surface area contributed by atoms with Crippen molar-refractivity contribution in [3.63, 3.8) is 0 Å². The second kappa shape index (κ2) is 3.42. The van der Waals surface area contributed by atoms with Crippen molar-refractivity contribution >= 4 is 36.8 Å². The van der Waals surface area contributed by atoms with E-state index in [1.54, 1.807) is 0 Å². The molecule has 0 aliphatic carbocycles. The van der Waals surface area contributed by atoms with Crippen LogP contribution in [0.25, 0.3) is 0 Å². The number of hydrogen-bond donors (Lipinski definition) is 0. The van der Waals surface area contributed by atoms with Gasteiger partial charge in [-0.25, -0.2) is 0 Å². The molecule has 1 rings (SSSR count). The average Bonchev–Trinajstić information content (AvgIpc) is 2.17. The van der Waals surface area contributed by atoms with E-state index in [2.05, 4.69) is 18.0 Å². The van der Waals surface area contributed by atoms with Gasteiger partial charge in [-0.3, -0.25) is 0 Å². The Kier molecular flexibility index (Phi) is 2.79. The van der Waals surface area contributed by atoms with Gasteiger partial charge in [-0.1, -0.05) is 0 Å². The van der Waals surface area contributed by atoms with Crippen LogP contribution >= 0.6 is 11.3 Å². The van der Waals surface area contributed by atoms with E-state index in [9.17, 15) is 0 Å². The van der Waals surface area contributed by atoms with E-state index in [0.29, 0.717) is 0 Å². The summed E-state index contributed by atoms with van der Waals surface area (Å²) in [4.78, 5) is 0. The van der Waals surface area contributed by atoms with Gasteiger partial charge in [0.05, 0.1) is 0 Å². The number of thiophene rings is 1. The maximum absolute atomic E-state index is 3.68. The van der Waals surface area contributed by atoms with E-state index >= 15 is 0 Å². The third kappa shape index (κ3) is 2.14. The van der Waals surface area contributed by atoms with Crippen molar-refractivity contribution in [1.82, 2.24) is 0 Å². The zero-order chi connectivity index (χ0) is 6.69. The van der Waals surface area contributed by atoms with E-state index in [4.69, 9.17) is 0 Å². The van der Waals surface area contributed by atoms with Gasteiger partial charge >= 0.3 is 72.8 Å². The van der Waals surface area contributed by atoms with Crippen molar-refractivity contribution in [2.24, 2.45) is 0 Å². The van der Waals surface area contributed by atoms with Crippen LogP contribution in [0.2, 0.25) is 0 Å². The van der Waals surface area contributed by atoms with Crippen molar-refractivity contribution < 1.29 is 0 Å². The van der Waals surface area contributed by atoms with E-state index in [-0.39, 0.29) is 0 Å². The molecule has 0 atom stereocenters. The predicted molar refractivity (Wildman–Crippen MR) is 45.0 cm³/mol. The van der Waals surface area contributed by atoms with Gasteiger partial charge in [0.25, 0.3) is 0 Å². The Labute approximate surface area is 72.7 Å². The first-order valence-corrected chi connectivity index (χ1v) is 5.29. The Morgan fingerprint density at radius 1 is 1.78 bits per heavy atom. The van der Waals surface area contributed by atoms with Gasteiger partial charge in [-0.05, 0) is 0 Å². The molecule has 0 spiro atoms. The first-order chi connectivity index (χ1) is 4.33. The third-order valence-electron chi connectivity index (χ3n) is 1.05. The topological polar surface area (TPSA) is 0 Å². The molecule has 2 radical (unpaired) electrons. The SMILES string of the molecule is C=CCc1cs[c]([SnH])c1. The molecule has 0 unspecified atom stereocenters. The predicted octanol–water partition coefficient (Wildman–Crippen LogP) is 1.00. The minimum atomic E-state index is 1.03. The Balaban J connectivity index is 2.72. The Hall–Kier alpha value is 0.239. The summed E-state index contributed by atoms with van der Waals surface area (Å²) < 4.78 is 1.51. The molecule has 2 heteroatoms. The summed E-state index contributed by atoms with van der Waals surface area (Å²) in [6.07, 6.45) is 2.97. The second-order valence-corrected chi connectivity index (χ2v) is 5.76. The molecule has 0 aliphatic heterocycles. The molecular weight excluding hydrogens is 235 g/mol. The normalized spacial score (nSPS) is 9.44.